The fourth-order valence-corrected chi connectivity index (χ4v) is 4.47. The second-order valence-corrected chi connectivity index (χ2v) is 10.5. The Labute approximate surface area is 238 Å². The molecule has 2 heterocycles. The van der Waals surface area contributed by atoms with Gasteiger partial charge in [0, 0.05) is 17.9 Å². The van der Waals surface area contributed by atoms with Gasteiger partial charge >= 0.3 is 0 Å². The third kappa shape index (κ3) is 8.41. The van der Waals surface area contributed by atoms with Crippen LogP contribution in [0.15, 0.2) is 47.1 Å². The zero-order valence-electron chi connectivity index (χ0n) is 25.2. The molecule has 0 bridgehead atoms. The summed E-state index contributed by atoms with van der Waals surface area (Å²) in [5.41, 5.74) is 4.54. The number of aliphatic hydroxyl groups is 4. The van der Waals surface area contributed by atoms with Crippen LogP contribution in [-0.4, -0.2) is 76.4 Å². The number of aliphatic hydroxyl groups excluding tert-OH is 4. The van der Waals surface area contributed by atoms with E-state index in [-0.39, 0.29) is 23.3 Å². The molecule has 0 aromatic carbocycles. The molecule has 7 atom stereocenters. The van der Waals surface area contributed by atoms with E-state index in [4.69, 9.17) is 18.9 Å². The Morgan fingerprint density at radius 2 is 1.73 bits per heavy atom. The number of pyridine rings is 1. The van der Waals surface area contributed by atoms with Crippen LogP contribution in [0.2, 0.25) is 0 Å². The van der Waals surface area contributed by atoms with E-state index in [1.165, 1.54) is 14.2 Å². The number of methoxy groups -OCH3 is 2. The smallest absolute Gasteiger partial charge is 0.261 e. The van der Waals surface area contributed by atoms with Gasteiger partial charge in [-0.25, -0.2) is 4.98 Å². The van der Waals surface area contributed by atoms with Crippen molar-refractivity contribution in [2.45, 2.75) is 98.1 Å². The van der Waals surface area contributed by atoms with Gasteiger partial charge in [-0.1, -0.05) is 48.5 Å². The molecule has 2 rings (SSSR count). The Hall–Kier alpha value is -2.69. The second-order valence-electron chi connectivity index (χ2n) is 10.5. The maximum atomic E-state index is 10.5. The van der Waals surface area contributed by atoms with Gasteiger partial charge in [0.1, 0.15) is 18.3 Å². The van der Waals surface area contributed by atoms with Crippen LogP contribution >= 0.6 is 0 Å². The van der Waals surface area contributed by atoms with Crippen molar-refractivity contribution < 1.29 is 39.4 Å². The van der Waals surface area contributed by atoms with Gasteiger partial charge in [-0.15, -0.1) is 0 Å². The SMILES string of the molecule is C/C=C(\C)[C@H](O)[C@@H](C)/C=C(C)/C=C/C/C(C)=C/Cc1nc(OC)c(OC)c(O[C@@H]2O[C@@H](C)[C@H](O)[C@@H](O)[C@H]2O)c1C. The van der Waals surface area contributed by atoms with E-state index >= 15 is 0 Å². The summed E-state index contributed by atoms with van der Waals surface area (Å²) < 4.78 is 22.6. The lowest BCUT2D eigenvalue weighted by atomic mass is 9.96. The fraction of sp³-hybridized carbons (Fsp3) is 0.581. The van der Waals surface area contributed by atoms with Crippen molar-refractivity contribution in [3.05, 3.63) is 58.4 Å². The average molecular weight is 562 g/mol. The number of hydrogen-bond donors (Lipinski definition) is 4. The maximum Gasteiger partial charge on any atom is 0.261 e. The molecule has 1 aliphatic rings. The Bertz CT molecular complexity index is 1110. The second kappa shape index (κ2) is 15.3. The summed E-state index contributed by atoms with van der Waals surface area (Å²) in [6.07, 6.45) is 4.85. The molecule has 9 heteroatoms. The highest BCUT2D eigenvalue weighted by Gasteiger charge is 2.43. The molecule has 40 heavy (non-hydrogen) atoms. The van der Waals surface area contributed by atoms with E-state index < -0.39 is 36.8 Å². The van der Waals surface area contributed by atoms with Crippen LogP contribution in [0.1, 0.15) is 59.2 Å². The topological polar surface area (TPSA) is 131 Å². The molecule has 0 saturated carbocycles. The number of allylic oxidation sites excluding steroid dienone is 6. The van der Waals surface area contributed by atoms with E-state index in [9.17, 15) is 20.4 Å². The van der Waals surface area contributed by atoms with E-state index in [1.807, 2.05) is 47.6 Å². The minimum atomic E-state index is -1.47. The van der Waals surface area contributed by atoms with Gasteiger partial charge in [0.15, 0.2) is 5.75 Å². The predicted molar refractivity (Wildman–Crippen MR) is 155 cm³/mol. The molecule has 9 nitrogen and oxygen atoms in total. The van der Waals surface area contributed by atoms with Crippen LogP contribution < -0.4 is 14.2 Å². The quantitative estimate of drug-likeness (QED) is 0.221. The lowest BCUT2D eigenvalue weighted by Gasteiger charge is -2.39. The van der Waals surface area contributed by atoms with Gasteiger partial charge in [-0.2, -0.15) is 0 Å². The summed E-state index contributed by atoms with van der Waals surface area (Å²) in [5, 5.41) is 41.0. The molecule has 1 fully saturated rings. The van der Waals surface area contributed by atoms with Crippen LogP contribution in [0, 0.1) is 12.8 Å². The highest BCUT2D eigenvalue weighted by atomic mass is 16.7. The summed E-state index contributed by atoms with van der Waals surface area (Å²) in [6, 6.07) is 0. The lowest BCUT2D eigenvalue weighted by molar-refractivity contribution is -0.268. The van der Waals surface area contributed by atoms with Crippen LogP contribution in [0.25, 0.3) is 0 Å². The van der Waals surface area contributed by atoms with E-state index in [1.54, 1.807) is 6.92 Å². The van der Waals surface area contributed by atoms with Gasteiger partial charge in [0.25, 0.3) is 5.88 Å². The molecule has 1 aliphatic heterocycles. The first-order valence-corrected chi connectivity index (χ1v) is 13.6. The Balaban J connectivity index is 2.20. The highest BCUT2D eigenvalue weighted by Crippen LogP contribution is 2.41. The number of ether oxygens (including phenoxy) is 4. The molecule has 0 unspecified atom stereocenters. The normalized spacial score (nSPS) is 26.1. The molecule has 1 saturated heterocycles. The Morgan fingerprint density at radius 3 is 2.33 bits per heavy atom. The monoisotopic (exact) mass is 561 g/mol. The maximum absolute atomic E-state index is 10.5. The first-order valence-electron chi connectivity index (χ1n) is 13.6. The van der Waals surface area contributed by atoms with Gasteiger partial charge in [-0.3, -0.25) is 0 Å². The van der Waals surface area contributed by atoms with Crippen LogP contribution in [0.4, 0.5) is 0 Å². The number of rotatable bonds is 12. The first kappa shape index (κ1) is 33.5. The predicted octanol–water partition coefficient (Wildman–Crippen LogP) is 3.96. The molecule has 4 N–H and O–H groups in total. The lowest BCUT2D eigenvalue weighted by Crippen LogP contribution is -2.58. The van der Waals surface area contributed by atoms with Crippen molar-refractivity contribution in [2.75, 3.05) is 14.2 Å². The van der Waals surface area contributed by atoms with Crippen LogP contribution in [-0.2, 0) is 11.2 Å². The number of hydrogen-bond acceptors (Lipinski definition) is 9. The van der Waals surface area contributed by atoms with Gasteiger partial charge in [0.2, 0.25) is 12.0 Å². The molecule has 224 valence electrons. The van der Waals surface area contributed by atoms with Crippen molar-refractivity contribution in [1.82, 2.24) is 4.98 Å². The molecule has 0 amide bonds. The summed E-state index contributed by atoms with van der Waals surface area (Å²) in [7, 11) is 2.93. The van der Waals surface area contributed by atoms with Crippen molar-refractivity contribution in [3.63, 3.8) is 0 Å². The molecule has 0 spiro atoms. The first-order chi connectivity index (χ1) is 18.9. The summed E-state index contributed by atoms with van der Waals surface area (Å²) in [4.78, 5) is 4.61. The van der Waals surface area contributed by atoms with Crippen molar-refractivity contribution >= 4 is 0 Å². The minimum Gasteiger partial charge on any atom is -0.489 e. The van der Waals surface area contributed by atoms with Crippen LogP contribution in [0.3, 0.4) is 0 Å². The minimum absolute atomic E-state index is 0.0182. The molecule has 0 radical (unpaired) electrons. The van der Waals surface area contributed by atoms with E-state index in [0.717, 1.165) is 23.1 Å². The zero-order valence-corrected chi connectivity index (χ0v) is 25.2. The summed E-state index contributed by atoms with van der Waals surface area (Å²) >= 11 is 0. The standard InChI is InChI=1S/C31H47NO8/c1-10-19(4)24(33)20(5)16-18(3)13-11-12-17(2)14-15-23-21(6)28(29(37-8)30(32-23)38-9)40-31-27(36)26(35)25(34)22(7)39-31/h10-11,13-14,16,20,22,24-27,31,33-36H,12,15H2,1-9H3/b13-11+,17-14+,18-16+,19-10+/t20-,22-,24-,25-,26+,27+,31-/m0/s1. The van der Waals surface area contributed by atoms with Gasteiger partial charge in [-0.05, 0) is 53.5 Å². The third-order valence-corrected chi connectivity index (χ3v) is 7.26. The molecular weight excluding hydrogens is 514 g/mol. The zero-order chi connectivity index (χ0) is 30.1. The van der Waals surface area contributed by atoms with E-state index in [2.05, 4.69) is 29.3 Å². The average Bonchev–Trinajstić information content (AvgIpc) is 2.93. The molecule has 1 aromatic heterocycles. The van der Waals surface area contributed by atoms with E-state index in [0.29, 0.717) is 17.7 Å². The Kier molecular flexibility index (Phi) is 12.9. The fourth-order valence-electron chi connectivity index (χ4n) is 4.47. The molecular formula is C31H47NO8. The van der Waals surface area contributed by atoms with Crippen molar-refractivity contribution in [3.8, 4) is 17.4 Å². The third-order valence-electron chi connectivity index (χ3n) is 7.26. The number of aromatic nitrogens is 1. The number of nitrogens with zero attached hydrogens (tertiary/aromatic N) is 1. The Morgan fingerprint density at radius 1 is 1.05 bits per heavy atom. The summed E-state index contributed by atoms with van der Waals surface area (Å²) in [6.45, 7) is 13.3. The van der Waals surface area contributed by atoms with Crippen molar-refractivity contribution in [1.29, 1.82) is 0 Å². The van der Waals surface area contributed by atoms with Gasteiger partial charge < -0.3 is 39.4 Å². The van der Waals surface area contributed by atoms with Gasteiger partial charge in [0.05, 0.1) is 32.1 Å². The van der Waals surface area contributed by atoms with Crippen molar-refractivity contribution in [2.24, 2.45) is 5.92 Å². The van der Waals surface area contributed by atoms with Crippen LogP contribution in [0.5, 0.6) is 17.4 Å². The highest BCUT2D eigenvalue weighted by molar-refractivity contribution is 5.54. The summed E-state index contributed by atoms with van der Waals surface area (Å²) in [5.74, 6) is 0.751. The largest absolute Gasteiger partial charge is 0.489 e. The molecule has 0 aliphatic carbocycles. The molecule has 1 aromatic rings.